The van der Waals surface area contributed by atoms with E-state index >= 15 is 0 Å². The molecule has 0 aliphatic heterocycles. The Labute approximate surface area is 124 Å². The number of aromatic nitrogens is 2. The number of hydrogen-bond acceptors (Lipinski definition) is 4. The molecule has 0 unspecified atom stereocenters. The topological polar surface area (TPSA) is 37.8 Å². The fourth-order valence-corrected chi connectivity index (χ4v) is 3.17. The number of hydrogen-bond donors (Lipinski definition) is 1. The molecule has 2 heterocycles. The van der Waals surface area contributed by atoms with Crippen LogP contribution in [-0.2, 0) is 12.7 Å². The fourth-order valence-electron chi connectivity index (χ4n) is 2.05. The van der Waals surface area contributed by atoms with Crippen molar-refractivity contribution < 1.29 is 13.2 Å². The van der Waals surface area contributed by atoms with E-state index in [9.17, 15) is 13.2 Å². The number of aryl methyl sites for hydroxylation is 1. The standard InChI is InChI=1S/C14H14F3N3S/c1-8-6-18-5-4-10(8)13-20-12(14(15,16)17)11(21-13)7-19-9-2-3-9/h4-6,9,19H,2-3,7H2,1H3. The molecule has 1 N–H and O–H groups in total. The summed E-state index contributed by atoms with van der Waals surface area (Å²) < 4.78 is 39.4. The summed E-state index contributed by atoms with van der Waals surface area (Å²) in [5.74, 6) is 0. The molecule has 0 radical (unpaired) electrons. The predicted octanol–water partition coefficient (Wildman–Crippen LogP) is 3.78. The van der Waals surface area contributed by atoms with Gasteiger partial charge in [0.15, 0.2) is 5.69 Å². The van der Waals surface area contributed by atoms with Crippen molar-refractivity contribution in [3.8, 4) is 10.6 Å². The molecule has 0 atom stereocenters. The second-order valence-corrected chi connectivity index (χ2v) is 6.22. The molecular weight excluding hydrogens is 299 g/mol. The Kier molecular flexibility index (Phi) is 3.71. The molecule has 1 saturated carbocycles. The van der Waals surface area contributed by atoms with Crippen LogP contribution in [0.25, 0.3) is 10.6 Å². The van der Waals surface area contributed by atoms with Gasteiger partial charge in [-0.2, -0.15) is 13.2 Å². The molecule has 0 spiro atoms. The molecule has 0 saturated heterocycles. The Morgan fingerprint density at radius 2 is 2.14 bits per heavy atom. The number of halogens is 3. The van der Waals surface area contributed by atoms with Crippen molar-refractivity contribution >= 4 is 11.3 Å². The van der Waals surface area contributed by atoms with Crippen molar-refractivity contribution in [2.75, 3.05) is 0 Å². The van der Waals surface area contributed by atoms with E-state index in [1.165, 1.54) is 0 Å². The highest BCUT2D eigenvalue weighted by Crippen LogP contribution is 2.38. The molecule has 3 rings (SSSR count). The lowest BCUT2D eigenvalue weighted by Gasteiger charge is -2.06. The predicted molar refractivity (Wildman–Crippen MR) is 74.9 cm³/mol. The highest BCUT2D eigenvalue weighted by Gasteiger charge is 2.38. The van der Waals surface area contributed by atoms with Crippen molar-refractivity contribution in [1.29, 1.82) is 0 Å². The number of nitrogens with zero attached hydrogens (tertiary/aromatic N) is 2. The summed E-state index contributed by atoms with van der Waals surface area (Å²) in [4.78, 5) is 8.05. The molecule has 0 amide bonds. The van der Waals surface area contributed by atoms with Crippen LogP contribution < -0.4 is 5.32 Å². The van der Waals surface area contributed by atoms with Crippen LogP contribution in [0.5, 0.6) is 0 Å². The van der Waals surface area contributed by atoms with Crippen molar-refractivity contribution in [2.45, 2.75) is 38.5 Å². The summed E-state index contributed by atoms with van der Waals surface area (Å²) in [6, 6.07) is 2.06. The normalized spacial score (nSPS) is 15.4. The van der Waals surface area contributed by atoms with Crippen LogP contribution in [0.15, 0.2) is 18.5 Å². The molecule has 3 nitrogen and oxygen atoms in total. The lowest BCUT2D eigenvalue weighted by Crippen LogP contribution is -2.18. The third kappa shape index (κ3) is 3.24. The molecule has 112 valence electrons. The van der Waals surface area contributed by atoms with Gasteiger partial charge in [0.1, 0.15) is 5.01 Å². The minimum Gasteiger partial charge on any atom is -0.309 e. The molecule has 0 bridgehead atoms. The van der Waals surface area contributed by atoms with E-state index in [0.29, 0.717) is 16.6 Å². The summed E-state index contributed by atoms with van der Waals surface area (Å²) in [7, 11) is 0. The smallest absolute Gasteiger partial charge is 0.309 e. The lowest BCUT2D eigenvalue weighted by atomic mass is 10.2. The maximum atomic E-state index is 13.1. The van der Waals surface area contributed by atoms with Crippen molar-refractivity contribution in [3.05, 3.63) is 34.6 Å². The second-order valence-electron chi connectivity index (χ2n) is 5.13. The summed E-state index contributed by atoms with van der Waals surface area (Å²) in [5.41, 5.74) is 0.756. The number of nitrogens with one attached hydrogen (secondary N) is 1. The SMILES string of the molecule is Cc1cnccc1-c1nc(C(F)(F)F)c(CNC2CC2)s1. The van der Waals surface area contributed by atoms with E-state index in [-0.39, 0.29) is 11.4 Å². The third-order valence-corrected chi connectivity index (χ3v) is 4.43. The van der Waals surface area contributed by atoms with Gasteiger partial charge in [-0.1, -0.05) is 0 Å². The zero-order valence-electron chi connectivity index (χ0n) is 11.4. The van der Waals surface area contributed by atoms with Crippen LogP contribution in [0.2, 0.25) is 0 Å². The Balaban J connectivity index is 1.96. The first-order valence-electron chi connectivity index (χ1n) is 6.66. The summed E-state index contributed by atoms with van der Waals surface area (Å²) in [6.45, 7) is 2.04. The van der Waals surface area contributed by atoms with Gasteiger partial charge in [0.2, 0.25) is 0 Å². The Bertz CT molecular complexity index is 647. The molecule has 1 aliphatic carbocycles. The largest absolute Gasteiger partial charge is 0.434 e. The maximum Gasteiger partial charge on any atom is 0.434 e. The van der Waals surface area contributed by atoms with E-state index in [1.54, 1.807) is 18.5 Å². The molecule has 1 fully saturated rings. The van der Waals surface area contributed by atoms with Gasteiger partial charge in [-0.3, -0.25) is 4.98 Å². The zero-order valence-corrected chi connectivity index (χ0v) is 12.2. The first-order chi connectivity index (χ1) is 9.95. The van der Waals surface area contributed by atoms with Gasteiger partial charge < -0.3 is 5.32 Å². The minimum atomic E-state index is -4.42. The quantitative estimate of drug-likeness (QED) is 0.933. The van der Waals surface area contributed by atoms with E-state index in [4.69, 9.17) is 0 Å². The summed E-state index contributed by atoms with van der Waals surface area (Å²) in [5, 5.41) is 3.52. The van der Waals surface area contributed by atoms with Gasteiger partial charge in [0.25, 0.3) is 0 Å². The van der Waals surface area contributed by atoms with Gasteiger partial charge >= 0.3 is 6.18 Å². The highest BCUT2D eigenvalue weighted by atomic mass is 32.1. The Morgan fingerprint density at radius 1 is 1.38 bits per heavy atom. The first-order valence-corrected chi connectivity index (χ1v) is 7.48. The summed E-state index contributed by atoms with van der Waals surface area (Å²) in [6.07, 6.45) is 0.856. The number of rotatable bonds is 4. The molecule has 2 aromatic heterocycles. The van der Waals surface area contributed by atoms with E-state index < -0.39 is 11.9 Å². The molecular formula is C14H14F3N3S. The van der Waals surface area contributed by atoms with Crippen molar-refractivity contribution in [3.63, 3.8) is 0 Å². The number of thiazole rings is 1. The van der Waals surface area contributed by atoms with Gasteiger partial charge in [0, 0.05) is 30.5 Å². The first kappa shape index (κ1) is 14.5. The molecule has 21 heavy (non-hydrogen) atoms. The van der Waals surface area contributed by atoms with Gasteiger partial charge in [-0.15, -0.1) is 11.3 Å². The fraction of sp³-hybridized carbons (Fsp3) is 0.429. The van der Waals surface area contributed by atoms with Crippen LogP contribution in [0.4, 0.5) is 13.2 Å². The van der Waals surface area contributed by atoms with Crippen LogP contribution in [0.1, 0.15) is 29.0 Å². The maximum absolute atomic E-state index is 13.1. The Hall–Kier alpha value is -1.47. The Morgan fingerprint density at radius 3 is 2.76 bits per heavy atom. The molecule has 7 heteroatoms. The van der Waals surface area contributed by atoms with Crippen LogP contribution >= 0.6 is 11.3 Å². The zero-order chi connectivity index (χ0) is 15.0. The molecule has 1 aliphatic rings. The van der Waals surface area contributed by atoms with Crippen LogP contribution in [0.3, 0.4) is 0 Å². The number of alkyl halides is 3. The molecule has 0 aromatic carbocycles. The third-order valence-electron chi connectivity index (χ3n) is 3.35. The number of pyridine rings is 1. The average molecular weight is 313 g/mol. The molecule has 2 aromatic rings. The highest BCUT2D eigenvalue weighted by molar-refractivity contribution is 7.15. The van der Waals surface area contributed by atoms with Crippen molar-refractivity contribution in [2.24, 2.45) is 0 Å². The van der Waals surface area contributed by atoms with Gasteiger partial charge in [0.05, 0.1) is 4.88 Å². The van der Waals surface area contributed by atoms with Gasteiger partial charge in [-0.25, -0.2) is 4.98 Å². The summed E-state index contributed by atoms with van der Waals surface area (Å²) >= 11 is 1.10. The van der Waals surface area contributed by atoms with Crippen LogP contribution in [-0.4, -0.2) is 16.0 Å². The second kappa shape index (κ2) is 5.38. The average Bonchev–Trinajstić information content (AvgIpc) is 3.14. The van der Waals surface area contributed by atoms with Gasteiger partial charge in [-0.05, 0) is 31.4 Å². The van der Waals surface area contributed by atoms with Crippen LogP contribution in [0, 0.1) is 6.92 Å². The minimum absolute atomic E-state index is 0.224. The van der Waals surface area contributed by atoms with E-state index in [2.05, 4.69) is 15.3 Å². The lowest BCUT2D eigenvalue weighted by molar-refractivity contribution is -0.141. The monoisotopic (exact) mass is 313 g/mol. The van der Waals surface area contributed by atoms with E-state index in [0.717, 1.165) is 29.7 Å². The van der Waals surface area contributed by atoms with E-state index in [1.807, 2.05) is 6.92 Å². The van der Waals surface area contributed by atoms with Crippen molar-refractivity contribution in [1.82, 2.24) is 15.3 Å².